The molecule has 1 N–H and O–H groups in total. The summed E-state index contributed by atoms with van der Waals surface area (Å²) < 4.78 is 11.6. The maximum absolute atomic E-state index is 13.4. The smallest absolute Gasteiger partial charge is 0.344 e. The molecule has 6 nitrogen and oxygen atoms in total. The average molecular weight is 532 g/mol. The van der Waals surface area contributed by atoms with Crippen LogP contribution in [0.1, 0.15) is 46.8 Å². The summed E-state index contributed by atoms with van der Waals surface area (Å²) in [6, 6.07) is 16.4. The zero-order valence-electron chi connectivity index (χ0n) is 21.6. The topological polar surface area (TPSA) is 80.0 Å². The van der Waals surface area contributed by atoms with E-state index in [0.717, 1.165) is 36.5 Å². The van der Waals surface area contributed by atoms with E-state index in [1.165, 1.54) is 25.8 Å². The molecule has 7 heteroatoms. The Bertz CT molecular complexity index is 1550. The van der Waals surface area contributed by atoms with E-state index in [1.807, 2.05) is 43.3 Å². The number of hydrogen-bond donors (Lipinski definition) is 1. The summed E-state index contributed by atoms with van der Waals surface area (Å²) in [5.41, 5.74) is 2.94. The quantitative estimate of drug-likeness (QED) is 0.209. The fraction of sp³-hybridized carbons (Fsp3) is 0.290. The molecule has 1 fully saturated rings. The summed E-state index contributed by atoms with van der Waals surface area (Å²) >= 11 is 6.59. The zero-order valence-corrected chi connectivity index (χ0v) is 22.3. The van der Waals surface area contributed by atoms with Gasteiger partial charge in [0.25, 0.3) is 0 Å². The van der Waals surface area contributed by atoms with Crippen LogP contribution in [0.5, 0.6) is 11.5 Å². The van der Waals surface area contributed by atoms with Crippen molar-refractivity contribution in [2.24, 2.45) is 0 Å². The largest absolute Gasteiger partial charge is 0.507 e. The second-order valence-corrected chi connectivity index (χ2v) is 10.2. The molecule has 1 saturated heterocycles. The molecule has 2 heterocycles. The van der Waals surface area contributed by atoms with Gasteiger partial charge < -0.3 is 14.3 Å². The van der Waals surface area contributed by atoms with E-state index in [0.29, 0.717) is 40.1 Å². The second-order valence-electron chi connectivity index (χ2n) is 9.84. The summed E-state index contributed by atoms with van der Waals surface area (Å²) in [6.07, 6.45) is 2.90. The second kappa shape index (κ2) is 11.0. The first-order valence-electron chi connectivity index (χ1n) is 12.8. The van der Waals surface area contributed by atoms with Crippen LogP contribution in [0.4, 0.5) is 0 Å². The Morgan fingerprint density at radius 3 is 2.50 bits per heavy atom. The van der Waals surface area contributed by atoms with Crippen molar-refractivity contribution < 1.29 is 19.1 Å². The van der Waals surface area contributed by atoms with Gasteiger partial charge >= 0.3 is 5.63 Å². The molecular weight excluding hydrogens is 502 g/mol. The summed E-state index contributed by atoms with van der Waals surface area (Å²) in [7, 11) is 0. The number of benzene rings is 3. The van der Waals surface area contributed by atoms with Crippen molar-refractivity contribution in [3.05, 3.63) is 92.3 Å². The van der Waals surface area contributed by atoms with Crippen molar-refractivity contribution in [2.75, 3.05) is 26.2 Å². The third-order valence-corrected chi connectivity index (χ3v) is 7.40. The van der Waals surface area contributed by atoms with E-state index < -0.39 is 11.4 Å². The summed E-state index contributed by atoms with van der Waals surface area (Å²) in [6.45, 7) is 7.09. The molecule has 1 aliphatic heterocycles. The standard InChI is InChI=1S/C31H30ClNO5/c1-19-5-10-24(26(32)17-19)29-25(23-11-12-27(35)28(20(2)34)30(23)38-31(29)36)18-21-6-8-22(9-7-21)37-16-15-33-13-3-4-14-33/h5-12,17,35H,3-4,13-16,18H2,1-2H3. The molecule has 0 saturated carbocycles. The summed E-state index contributed by atoms with van der Waals surface area (Å²) in [5, 5.41) is 11.4. The van der Waals surface area contributed by atoms with Crippen molar-refractivity contribution in [3.8, 4) is 22.6 Å². The number of ketones is 1. The lowest BCUT2D eigenvalue weighted by molar-refractivity contribution is 0.101. The lowest BCUT2D eigenvalue weighted by Gasteiger charge is -2.16. The van der Waals surface area contributed by atoms with Gasteiger partial charge in [-0.1, -0.05) is 35.9 Å². The summed E-state index contributed by atoms with van der Waals surface area (Å²) in [4.78, 5) is 28.2. The molecule has 1 aliphatic rings. The Morgan fingerprint density at radius 1 is 1.08 bits per heavy atom. The highest BCUT2D eigenvalue weighted by Gasteiger charge is 2.23. The number of carbonyl (C=O) groups is 1. The van der Waals surface area contributed by atoms with E-state index >= 15 is 0 Å². The van der Waals surface area contributed by atoms with Crippen LogP contribution in [-0.4, -0.2) is 42.0 Å². The maximum atomic E-state index is 13.4. The first-order chi connectivity index (χ1) is 18.3. The predicted molar refractivity (Wildman–Crippen MR) is 150 cm³/mol. The number of ether oxygens (including phenoxy) is 1. The Labute approximate surface area is 226 Å². The van der Waals surface area contributed by atoms with Crippen LogP contribution in [-0.2, 0) is 6.42 Å². The third-order valence-electron chi connectivity index (χ3n) is 7.09. The molecular formula is C31H30ClNO5. The number of phenolic OH excluding ortho intramolecular Hbond substituents is 1. The highest BCUT2D eigenvalue weighted by atomic mass is 35.5. The van der Waals surface area contributed by atoms with Gasteiger partial charge in [0.15, 0.2) is 11.4 Å². The molecule has 5 rings (SSSR count). The van der Waals surface area contributed by atoms with Crippen LogP contribution in [0.2, 0.25) is 5.02 Å². The number of fused-ring (bicyclic) bond motifs is 1. The fourth-order valence-corrected chi connectivity index (χ4v) is 5.47. The number of halogens is 1. The van der Waals surface area contributed by atoms with Crippen LogP contribution in [0, 0.1) is 6.92 Å². The van der Waals surface area contributed by atoms with E-state index in [4.69, 9.17) is 20.8 Å². The third kappa shape index (κ3) is 5.33. The SMILES string of the molecule is CC(=O)c1c(O)ccc2c(Cc3ccc(OCCN4CCCC4)cc3)c(-c3ccc(C)cc3Cl)c(=O)oc12. The van der Waals surface area contributed by atoms with Gasteiger partial charge in [-0.3, -0.25) is 9.69 Å². The number of hydrogen-bond acceptors (Lipinski definition) is 6. The number of carbonyl (C=O) groups excluding carboxylic acids is 1. The molecule has 0 aliphatic carbocycles. The normalized spacial score (nSPS) is 13.8. The highest BCUT2D eigenvalue weighted by molar-refractivity contribution is 6.33. The number of aromatic hydroxyl groups is 1. The van der Waals surface area contributed by atoms with E-state index in [-0.39, 0.29) is 16.9 Å². The van der Waals surface area contributed by atoms with Crippen LogP contribution in [0.25, 0.3) is 22.1 Å². The molecule has 0 bridgehead atoms. The Morgan fingerprint density at radius 2 is 1.82 bits per heavy atom. The van der Waals surface area contributed by atoms with Gasteiger partial charge in [-0.15, -0.1) is 0 Å². The van der Waals surface area contributed by atoms with Crippen LogP contribution in [0.3, 0.4) is 0 Å². The molecule has 0 atom stereocenters. The van der Waals surface area contributed by atoms with Gasteiger partial charge in [-0.25, -0.2) is 4.79 Å². The van der Waals surface area contributed by atoms with Gasteiger partial charge in [0.1, 0.15) is 23.7 Å². The molecule has 0 radical (unpaired) electrons. The van der Waals surface area contributed by atoms with Gasteiger partial charge in [0.2, 0.25) is 0 Å². The summed E-state index contributed by atoms with van der Waals surface area (Å²) in [5.74, 6) is 0.172. The zero-order chi connectivity index (χ0) is 26.8. The van der Waals surface area contributed by atoms with Gasteiger partial charge in [0.05, 0.1) is 5.56 Å². The minimum absolute atomic E-state index is 0.0100. The Hall–Kier alpha value is -3.61. The van der Waals surface area contributed by atoms with Crippen molar-refractivity contribution in [1.82, 2.24) is 4.90 Å². The van der Waals surface area contributed by atoms with Gasteiger partial charge in [-0.2, -0.15) is 0 Å². The Balaban J connectivity index is 1.54. The first kappa shape index (κ1) is 26.0. The van der Waals surface area contributed by atoms with Crippen LogP contribution < -0.4 is 10.4 Å². The molecule has 38 heavy (non-hydrogen) atoms. The number of rotatable bonds is 8. The van der Waals surface area contributed by atoms with Crippen LogP contribution in [0.15, 0.2) is 63.8 Å². The number of phenols is 1. The monoisotopic (exact) mass is 531 g/mol. The molecule has 4 aromatic rings. The van der Waals surface area contributed by atoms with Crippen molar-refractivity contribution in [1.29, 1.82) is 0 Å². The number of aryl methyl sites for hydroxylation is 1. The average Bonchev–Trinajstić information content (AvgIpc) is 3.39. The first-order valence-corrected chi connectivity index (χ1v) is 13.2. The molecule has 0 amide bonds. The lowest BCUT2D eigenvalue weighted by Crippen LogP contribution is -2.25. The number of nitrogens with zero attached hydrogens (tertiary/aromatic N) is 1. The minimum atomic E-state index is -0.617. The molecule has 0 spiro atoms. The molecule has 1 aromatic heterocycles. The molecule has 196 valence electrons. The Kier molecular flexibility index (Phi) is 7.54. The van der Waals surface area contributed by atoms with Crippen molar-refractivity contribution in [3.63, 3.8) is 0 Å². The fourth-order valence-electron chi connectivity index (χ4n) is 5.14. The lowest BCUT2D eigenvalue weighted by atomic mass is 9.91. The van der Waals surface area contributed by atoms with E-state index in [1.54, 1.807) is 12.1 Å². The predicted octanol–water partition coefficient (Wildman–Crippen LogP) is 6.40. The van der Waals surface area contributed by atoms with Crippen molar-refractivity contribution >= 4 is 28.4 Å². The molecule has 0 unspecified atom stereocenters. The molecule has 3 aromatic carbocycles. The van der Waals surface area contributed by atoms with Crippen LogP contribution >= 0.6 is 11.6 Å². The highest BCUT2D eigenvalue weighted by Crippen LogP contribution is 2.37. The minimum Gasteiger partial charge on any atom is -0.507 e. The number of Topliss-reactive ketones (excluding diaryl/α,β-unsaturated/α-hetero) is 1. The van der Waals surface area contributed by atoms with Gasteiger partial charge in [0, 0.05) is 22.5 Å². The van der Waals surface area contributed by atoms with Gasteiger partial charge in [-0.05, 0) is 93.2 Å². The van der Waals surface area contributed by atoms with Crippen molar-refractivity contribution in [2.45, 2.75) is 33.1 Å². The maximum Gasteiger partial charge on any atom is 0.344 e. The van der Waals surface area contributed by atoms with E-state index in [2.05, 4.69) is 4.90 Å². The van der Waals surface area contributed by atoms with E-state index in [9.17, 15) is 14.7 Å². The number of likely N-dealkylation sites (tertiary alicyclic amines) is 1.